The number of thiazole rings is 1. The molecule has 2 aliphatic heterocycles. The van der Waals surface area contributed by atoms with Gasteiger partial charge in [0.15, 0.2) is 0 Å². The maximum absolute atomic E-state index is 6.21. The molecule has 26 heavy (non-hydrogen) atoms. The van der Waals surface area contributed by atoms with E-state index in [4.69, 9.17) is 14.3 Å². The first-order chi connectivity index (χ1) is 12.2. The molecule has 0 bridgehead atoms. The predicted molar refractivity (Wildman–Crippen MR) is 110 cm³/mol. The molecule has 0 amide bonds. The van der Waals surface area contributed by atoms with E-state index < -0.39 is 0 Å². The Bertz CT molecular complexity index is 672. The highest BCUT2D eigenvalue weighted by atomic mass is 32.1. The Morgan fingerprint density at radius 1 is 1.23 bits per heavy atom. The van der Waals surface area contributed by atoms with Crippen molar-refractivity contribution >= 4 is 24.5 Å². The summed E-state index contributed by atoms with van der Waals surface area (Å²) >= 11 is 1.78. The van der Waals surface area contributed by atoms with Crippen molar-refractivity contribution in [2.75, 3.05) is 20.1 Å². The van der Waals surface area contributed by atoms with E-state index >= 15 is 0 Å². The lowest BCUT2D eigenvalue weighted by atomic mass is 9.77. The number of piperidine rings is 1. The van der Waals surface area contributed by atoms with Gasteiger partial charge in [-0.25, -0.2) is 4.98 Å². The molecule has 0 aliphatic carbocycles. The summed E-state index contributed by atoms with van der Waals surface area (Å²) in [7, 11) is 1.84. The Hall–Kier alpha value is -0.945. The summed E-state index contributed by atoms with van der Waals surface area (Å²) in [6.45, 7) is 12.7. The molecule has 1 aromatic heterocycles. The number of likely N-dealkylation sites (tertiary alicyclic amines) is 1. The van der Waals surface area contributed by atoms with Crippen molar-refractivity contribution in [2.45, 2.75) is 64.6 Å². The number of hydrogen-bond donors (Lipinski definition) is 0. The van der Waals surface area contributed by atoms with Gasteiger partial charge in [0.05, 0.1) is 21.9 Å². The van der Waals surface area contributed by atoms with Gasteiger partial charge in [0.2, 0.25) is 0 Å². The van der Waals surface area contributed by atoms with Crippen LogP contribution in [0.15, 0.2) is 23.0 Å². The molecule has 0 radical (unpaired) electrons. The number of hydrogen-bond acceptors (Lipinski definition) is 5. The fourth-order valence-corrected chi connectivity index (χ4v) is 4.30. The summed E-state index contributed by atoms with van der Waals surface area (Å²) in [6.07, 6.45) is 8.60. The van der Waals surface area contributed by atoms with E-state index in [-0.39, 0.29) is 18.3 Å². The van der Waals surface area contributed by atoms with Gasteiger partial charge in [-0.3, -0.25) is 0 Å². The lowest BCUT2D eigenvalue weighted by Gasteiger charge is -2.32. The minimum atomic E-state index is -0.357. The molecule has 1 aromatic rings. The molecule has 2 fully saturated rings. The molecule has 4 nitrogen and oxygen atoms in total. The lowest BCUT2D eigenvalue weighted by molar-refractivity contribution is 0.00578. The van der Waals surface area contributed by atoms with Crippen LogP contribution in [0.1, 0.15) is 64.1 Å². The minimum absolute atomic E-state index is 0.334. The lowest BCUT2D eigenvalue weighted by Crippen LogP contribution is -2.41. The van der Waals surface area contributed by atoms with Gasteiger partial charge < -0.3 is 14.2 Å². The second-order valence-electron chi connectivity index (χ2n) is 8.42. The van der Waals surface area contributed by atoms with E-state index in [1.807, 2.05) is 13.0 Å². The summed E-state index contributed by atoms with van der Waals surface area (Å²) in [5.74, 6) is 0.598. The zero-order valence-electron chi connectivity index (χ0n) is 16.9. The quantitative estimate of drug-likeness (QED) is 0.572. The van der Waals surface area contributed by atoms with Crippen molar-refractivity contribution in [3.8, 4) is 0 Å². The Morgan fingerprint density at radius 2 is 1.85 bits per heavy atom. The standard InChI is InChI=1S/C20H31BN2O2S/c1-7-8-16(21-24-19(2,3)20(4,5)25-21)13-17-14-26-18(22-17)15-9-11-23(6)12-10-15/h7-8,13-15H,9-12H2,1-6H3/b8-7-,16-13+. The monoisotopic (exact) mass is 374 g/mol. The summed E-state index contributed by atoms with van der Waals surface area (Å²) in [5.41, 5.74) is 1.36. The van der Waals surface area contributed by atoms with Crippen LogP contribution in [0.4, 0.5) is 0 Å². The molecule has 0 N–H and O–H groups in total. The minimum Gasteiger partial charge on any atom is -0.399 e. The van der Waals surface area contributed by atoms with Crippen LogP contribution in [0.5, 0.6) is 0 Å². The fourth-order valence-electron chi connectivity index (χ4n) is 3.35. The maximum atomic E-state index is 6.21. The average Bonchev–Trinajstić information content (AvgIpc) is 3.10. The molecule has 0 unspecified atom stereocenters. The van der Waals surface area contributed by atoms with Crippen molar-refractivity contribution in [3.63, 3.8) is 0 Å². The van der Waals surface area contributed by atoms with E-state index in [0.717, 1.165) is 24.3 Å². The smallest absolute Gasteiger partial charge is 0.399 e. The van der Waals surface area contributed by atoms with Crippen LogP contribution in [-0.4, -0.2) is 48.3 Å². The van der Waals surface area contributed by atoms with Crippen molar-refractivity contribution in [1.82, 2.24) is 9.88 Å². The Labute approximate surface area is 162 Å². The molecular formula is C20H31BN2O2S. The summed E-state index contributed by atoms with van der Waals surface area (Å²) in [6, 6.07) is 0. The molecule has 0 saturated carbocycles. The van der Waals surface area contributed by atoms with E-state index in [9.17, 15) is 0 Å². The van der Waals surface area contributed by atoms with Crippen LogP contribution in [0.25, 0.3) is 6.08 Å². The first-order valence-corrected chi connectivity index (χ1v) is 10.4. The average molecular weight is 374 g/mol. The molecule has 6 heteroatoms. The van der Waals surface area contributed by atoms with Crippen molar-refractivity contribution in [3.05, 3.63) is 33.7 Å². The summed E-state index contributed by atoms with van der Waals surface area (Å²) in [5, 5.41) is 3.42. The molecular weight excluding hydrogens is 343 g/mol. The number of allylic oxidation sites excluding steroid dienone is 3. The Kier molecular flexibility index (Phi) is 5.78. The highest BCUT2D eigenvalue weighted by molar-refractivity contribution is 7.09. The van der Waals surface area contributed by atoms with Crippen LogP contribution < -0.4 is 0 Å². The van der Waals surface area contributed by atoms with E-state index in [2.05, 4.69) is 57.2 Å². The number of aromatic nitrogens is 1. The van der Waals surface area contributed by atoms with E-state index in [1.165, 1.54) is 17.8 Å². The molecule has 0 atom stereocenters. The molecule has 3 heterocycles. The first-order valence-electron chi connectivity index (χ1n) is 9.56. The van der Waals surface area contributed by atoms with E-state index in [1.54, 1.807) is 11.3 Å². The van der Waals surface area contributed by atoms with Gasteiger partial charge in [0.25, 0.3) is 0 Å². The van der Waals surface area contributed by atoms with Crippen molar-refractivity contribution < 1.29 is 9.31 Å². The SMILES string of the molecule is C/C=C\C(=C/c1csc(C2CCN(C)CC2)n1)B1OC(C)(C)C(C)(C)O1. The van der Waals surface area contributed by atoms with Crippen LogP contribution in [0.3, 0.4) is 0 Å². The van der Waals surface area contributed by atoms with Gasteiger partial charge in [-0.15, -0.1) is 11.3 Å². The predicted octanol–water partition coefficient (Wildman–Crippen LogP) is 4.54. The van der Waals surface area contributed by atoms with E-state index in [0.29, 0.717) is 5.92 Å². The zero-order chi connectivity index (χ0) is 18.9. The van der Waals surface area contributed by atoms with Gasteiger partial charge in [-0.05, 0) is 79.1 Å². The molecule has 0 spiro atoms. The molecule has 2 saturated heterocycles. The Morgan fingerprint density at radius 3 is 2.42 bits per heavy atom. The zero-order valence-corrected chi connectivity index (χ0v) is 17.7. The number of rotatable bonds is 4. The summed E-state index contributed by atoms with van der Waals surface area (Å²) in [4.78, 5) is 7.30. The third-order valence-electron chi connectivity index (χ3n) is 5.81. The van der Waals surface area contributed by atoms with Gasteiger partial charge in [0.1, 0.15) is 0 Å². The third kappa shape index (κ3) is 4.14. The maximum Gasteiger partial charge on any atom is 0.494 e. The first kappa shape index (κ1) is 19.8. The second-order valence-corrected chi connectivity index (χ2v) is 9.31. The fraction of sp³-hybridized carbons (Fsp3) is 0.650. The molecule has 142 valence electrons. The highest BCUT2D eigenvalue weighted by Crippen LogP contribution is 2.39. The Balaban J connectivity index is 1.78. The molecule has 3 rings (SSSR count). The van der Waals surface area contributed by atoms with Gasteiger partial charge >= 0.3 is 7.12 Å². The topological polar surface area (TPSA) is 34.6 Å². The van der Waals surface area contributed by atoms with Gasteiger partial charge in [0, 0.05) is 11.3 Å². The largest absolute Gasteiger partial charge is 0.494 e. The second kappa shape index (κ2) is 7.59. The van der Waals surface area contributed by atoms with Crippen molar-refractivity contribution in [2.24, 2.45) is 0 Å². The van der Waals surface area contributed by atoms with Crippen LogP contribution in [0, 0.1) is 0 Å². The third-order valence-corrected chi connectivity index (χ3v) is 6.83. The van der Waals surface area contributed by atoms with Crippen molar-refractivity contribution in [1.29, 1.82) is 0 Å². The highest BCUT2D eigenvalue weighted by Gasteiger charge is 2.52. The normalized spacial score (nSPS) is 24.7. The molecule has 2 aliphatic rings. The molecule has 0 aromatic carbocycles. The number of nitrogens with zero attached hydrogens (tertiary/aromatic N) is 2. The van der Waals surface area contributed by atoms with Crippen LogP contribution in [0.2, 0.25) is 0 Å². The van der Waals surface area contributed by atoms with Crippen LogP contribution in [-0.2, 0) is 9.31 Å². The van der Waals surface area contributed by atoms with Gasteiger partial charge in [-0.2, -0.15) is 0 Å². The van der Waals surface area contributed by atoms with Crippen LogP contribution >= 0.6 is 11.3 Å². The van der Waals surface area contributed by atoms with Gasteiger partial charge in [-0.1, -0.05) is 12.2 Å². The summed E-state index contributed by atoms with van der Waals surface area (Å²) < 4.78 is 12.4.